The topological polar surface area (TPSA) is 57.3 Å². The number of amides is 2. The fourth-order valence-corrected chi connectivity index (χ4v) is 1.55. The van der Waals surface area contributed by atoms with Crippen molar-refractivity contribution < 1.29 is 9.18 Å². The van der Waals surface area contributed by atoms with Gasteiger partial charge in [-0.3, -0.25) is 0 Å². The maximum atomic E-state index is 12.7. The number of pyridine rings is 1. The lowest BCUT2D eigenvalue weighted by Crippen LogP contribution is -2.19. The van der Waals surface area contributed by atoms with Crippen molar-refractivity contribution in [3.8, 4) is 0 Å². The number of halogens is 1. The first kappa shape index (κ1) is 13.8. The number of nitrogens with one attached hydrogen (secondary N) is 2. The molecule has 2 amide bonds. The SMILES string of the molecule is CN(C)c1ccc(NC(=O)Nc2ccc(F)cc2)cn1. The van der Waals surface area contributed by atoms with Crippen molar-refractivity contribution in [3.05, 3.63) is 48.4 Å². The lowest BCUT2D eigenvalue weighted by Gasteiger charge is -2.12. The Morgan fingerprint density at radius 3 is 2.20 bits per heavy atom. The van der Waals surface area contributed by atoms with Gasteiger partial charge in [0, 0.05) is 19.8 Å². The maximum absolute atomic E-state index is 12.7. The van der Waals surface area contributed by atoms with Gasteiger partial charge in [0.25, 0.3) is 0 Å². The summed E-state index contributed by atoms with van der Waals surface area (Å²) in [5.74, 6) is 0.453. The second-order valence-electron chi connectivity index (χ2n) is 4.39. The molecule has 2 aromatic rings. The van der Waals surface area contributed by atoms with Crippen LogP contribution in [-0.2, 0) is 0 Å². The predicted molar refractivity (Wildman–Crippen MR) is 77.6 cm³/mol. The average molecular weight is 274 g/mol. The normalized spacial score (nSPS) is 9.95. The number of rotatable bonds is 3. The minimum atomic E-state index is -0.406. The molecule has 1 heterocycles. The summed E-state index contributed by atoms with van der Waals surface area (Å²) in [7, 11) is 3.77. The molecule has 0 saturated heterocycles. The molecule has 2 rings (SSSR count). The van der Waals surface area contributed by atoms with Gasteiger partial charge in [0.05, 0.1) is 11.9 Å². The Balaban J connectivity index is 1.95. The van der Waals surface area contributed by atoms with Crippen LogP contribution in [0.5, 0.6) is 0 Å². The summed E-state index contributed by atoms with van der Waals surface area (Å²) < 4.78 is 12.7. The van der Waals surface area contributed by atoms with E-state index in [1.54, 1.807) is 18.3 Å². The van der Waals surface area contributed by atoms with Gasteiger partial charge in [-0.25, -0.2) is 14.2 Å². The first-order valence-corrected chi connectivity index (χ1v) is 6.01. The molecule has 6 heteroatoms. The molecule has 1 aromatic heterocycles. The minimum Gasteiger partial charge on any atom is -0.363 e. The molecule has 2 N–H and O–H groups in total. The molecule has 0 aliphatic rings. The van der Waals surface area contributed by atoms with Crippen LogP contribution in [0.15, 0.2) is 42.6 Å². The highest BCUT2D eigenvalue weighted by Crippen LogP contribution is 2.13. The van der Waals surface area contributed by atoms with E-state index in [-0.39, 0.29) is 5.82 Å². The van der Waals surface area contributed by atoms with E-state index in [9.17, 15) is 9.18 Å². The molecule has 0 aliphatic carbocycles. The maximum Gasteiger partial charge on any atom is 0.323 e. The van der Waals surface area contributed by atoms with Gasteiger partial charge in [-0.15, -0.1) is 0 Å². The minimum absolute atomic E-state index is 0.348. The Morgan fingerprint density at radius 1 is 1.05 bits per heavy atom. The Labute approximate surface area is 116 Å². The van der Waals surface area contributed by atoms with E-state index < -0.39 is 6.03 Å². The summed E-state index contributed by atoms with van der Waals surface area (Å²) in [6.07, 6.45) is 1.57. The van der Waals surface area contributed by atoms with Crippen molar-refractivity contribution in [1.82, 2.24) is 4.98 Å². The van der Waals surface area contributed by atoms with Crippen molar-refractivity contribution in [3.63, 3.8) is 0 Å². The molecular formula is C14H15FN4O. The number of anilines is 3. The molecule has 5 nitrogen and oxygen atoms in total. The number of urea groups is 1. The van der Waals surface area contributed by atoms with Crippen molar-refractivity contribution >= 4 is 23.2 Å². The lowest BCUT2D eigenvalue weighted by molar-refractivity contribution is 0.262. The van der Waals surface area contributed by atoms with Gasteiger partial charge < -0.3 is 15.5 Å². The van der Waals surface area contributed by atoms with Gasteiger partial charge in [0.1, 0.15) is 11.6 Å². The van der Waals surface area contributed by atoms with E-state index >= 15 is 0 Å². The van der Waals surface area contributed by atoms with E-state index in [4.69, 9.17) is 0 Å². The van der Waals surface area contributed by atoms with Crippen LogP contribution in [-0.4, -0.2) is 25.1 Å². The summed E-state index contributed by atoms with van der Waals surface area (Å²) in [6, 6.07) is 8.69. The molecule has 0 spiro atoms. The first-order valence-electron chi connectivity index (χ1n) is 6.01. The Kier molecular flexibility index (Phi) is 4.14. The second-order valence-corrected chi connectivity index (χ2v) is 4.39. The van der Waals surface area contributed by atoms with Crippen molar-refractivity contribution in [2.75, 3.05) is 29.6 Å². The van der Waals surface area contributed by atoms with Gasteiger partial charge in [-0.2, -0.15) is 0 Å². The van der Waals surface area contributed by atoms with Gasteiger partial charge >= 0.3 is 6.03 Å². The summed E-state index contributed by atoms with van der Waals surface area (Å²) in [5.41, 5.74) is 1.09. The Morgan fingerprint density at radius 2 is 1.65 bits per heavy atom. The zero-order valence-electron chi connectivity index (χ0n) is 11.2. The number of benzene rings is 1. The fourth-order valence-electron chi connectivity index (χ4n) is 1.55. The van der Waals surface area contributed by atoms with Gasteiger partial charge in [-0.1, -0.05) is 0 Å². The van der Waals surface area contributed by atoms with E-state index in [1.165, 1.54) is 24.3 Å². The fraction of sp³-hybridized carbons (Fsp3) is 0.143. The van der Waals surface area contributed by atoms with Crippen LogP contribution in [0.25, 0.3) is 0 Å². The summed E-state index contributed by atoms with van der Waals surface area (Å²) >= 11 is 0. The number of carbonyl (C=O) groups is 1. The summed E-state index contributed by atoms with van der Waals surface area (Å²) in [6.45, 7) is 0. The van der Waals surface area contributed by atoms with E-state index in [0.29, 0.717) is 11.4 Å². The third-order valence-corrected chi connectivity index (χ3v) is 2.57. The molecule has 104 valence electrons. The van der Waals surface area contributed by atoms with Crippen LogP contribution in [0, 0.1) is 5.82 Å². The third kappa shape index (κ3) is 3.68. The number of hydrogen-bond acceptors (Lipinski definition) is 3. The number of nitrogens with zero attached hydrogens (tertiary/aromatic N) is 2. The molecule has 0 aliphatic heterocycles. The Hall–Kier alpha value is -2.63. The number of hydrogen-bond donors (Lipinski definition) is 2. The first-order chi connectivity index (χ1) is 9.54. The van der Waals surface area contributed by atoms with Crippen LogP contribution >= 0.6 is 0 Å². The van der Waals surface area contributed by atoms with Crippen LogP contribution in [0.1, 0.15) is 0 Å². The van der Waals surface area contributed by atoms with Crippen LogP contribution in [0.3, 0.4) is 0 Å². The van der Waals surface area contributed by atoms with Gasteiger partial charge in [-0.05, 0) is 36.4 Å². The smallest absolute Gasteiger partial charge is 0.323 e. The van der Waals surface area contributed by atoms with Crippen LogP contribution in [0.4, 0.5) is 26.4 Å². The molecule has 20 heavy (non-hydrogen) atoms. The zero-order valence-corrected chi connectivity index (χ0v) is 11.2. The molecule has 1 aromatic carbocycles. The molecule has 0 saturated carbocycles. The van der Waals surface area contributed by atoms with E-state index in [0.717, 1.165) is 5.82 Å². The molecule has 0 fully saturated rings. The van der Waals surface area contributed by atoms with Gasteiger partial charge in [0.15, 0.2) is 0 Å². The molecule has 0 radical (unpaired) electrons. The molecule has 0 unspecified atom stereocenters. The highest BCUT2D eigenvalue weighted by atomic mass is 19.1. The van der Waals surface area contributed by atoms with Gasteiger partial charge in [0.2, 0.25) is 0 Å². The van der Waals surface area contributed by atoms with E-state index in [2.05, 4.69) is 15.6 Å². The quantitative estimate of drug-likeness (QED) is 0.904. The summed E-state index contributed by atoms with van der Waals surface area (Å²) in [5, 5.41) is 5.25. The second kappa shape index (κ2) is 6.01. The van der Waals surface area contributed by atoms with Crippen LogP contribution < -0.4 is 15.5 Å². The summed E-state index contributed by atoms with van der Waals surface area (Å²) in [4.78, 5) is 17.8. The Bertz CT molecular complexity index is 581. The monoisotopic (exact) mass is 274 g/mol. The van der Waals surface area contributed by atoms with E-state index in [1.807, 2.05) is 19.0 Å². The number of carbonyl (C=O) groups excluding carboxylic acids is 1. The lowest BCUT2D eigenvalue weighted by atomic mass is 10.3. The average Bonchev–Trinajstić information content (AvgIpc) is 2.42. The predicted octanol–water partition coefficient (Wildman–Crippen LogP) is 2.93. The standard InChI is InChI=1S/C14H15FN4O/c1-19(2)13-8-7-12(9-16-13)18-14(20)17-11-5-3-10(15)4-6-11/h3-9H,1-2H3,(H2,17,18,20). The third-order valence-electron chi connectivity index (χ3n) is 2.57. The zero-order chi connectivity index (χ0) is 14.5. The van der Waals surface area contributed by atoms with Crippen LogP contribution in [0.2, 0.25) is 0 Å². The molecule has 0 atom stereocenters. The molecule has 0 bridgehead atoms. The highest BCUT2D eigenvalue weighted by molar-refractivity contribution is 5.99. The van der Waals surface area contributed by atoms with Crippen molar-refractivity contribution in [2.24, 2.45) is 0 Å². The van der Waals surface area contributed by atoms with Crippen molar-refractivity contribution in [2.45, 2.75) is 0 Å². The van der Waals surface area contributed by atoms with Crippen molar-refractivity contribution in [1.29, 1.82) is 0 Å². The largest absolute Gasteiger partial charge is 0.363 e. The highest BCUT2D eigenvalue weighted by Gasteiger charge is 2.04. The molecular weight excluding hydrogens is 259 g/mol. The number of aromatic nitrogens is 1.